The van der Waals surface area contributed by atoms with Crippen molar-refractivity contribution in [2.75, 3.05) is 18.4 Å². The Bertz CT molecular complexity index is 542. The number of nitrogens with zero attached hydrogens (tertiary/aromatic N) is 1. The van der Waals surface area contributed by atoms with Crippen LogP contribution in [0.25, 0.3) is 0 Å². The van der Waals surface area contributed by atoms with E-state index < -0.39 is 0 Å². The van der Waals surface area contributed by atoms with E-state index in [1.54, 1.807) is 18.2 Å². The highest BCUT2D eigenvalue weighted by Gasteiger charge is 2.32. The SMILES string of the molecule is O=C(CCN1CCC[C@H]2CCCC[C@@H]21)Nc1c(Cl)cccc1Cl. The third kappa shape index (κ3) is 4.20. The molecule has 1 aromatic carbocycles. The molecule has 1 N–H and O–H groups in total. The minimum atomic E-state index is -0.0158. The minimum absolute atomic E-state index is 0.0158. The molecule has 0 radical (unpaired) electrons. The Hall–Kier alpha value is -0.770. The van der Waals surface area contributed by atoms with E-state index in [0.717, 1.165) is 19.0 Å². The summed E-state index contributed by atoms with van der Waals surface area (Å²) in [6, 6.07) is 5.94. The van der Waals surface area contributed by atoms with Gasteiger partial charge in [0.25, 0.3) is 0 Å². The lowest BCUT2D eigenvalue weighted by Gasteiger charge is -2.44. The molecule has 0 unspecified atom stereocenters. The second-order valence-corrected chi connectivity index (χ2v) is 7.50. The standard InChI is InChI=1S/C18H24Cl2N2O/c19-14-7-3-8-15(20)18(14)21-17(23)10-12-22-11-4-6-13-5-1-2-9-16(13)22/h3,7-8,13,16H,1-2,4-6,9-12H2,(H,21,23)/t13-,16+/m1/s1. The van der Waals surface area contributed by atoms with Crippen molar-refractivity contribution in [1.82, 2.24) is 4.90 Å². The summed E-state index contributed by atoms with van der Waals surface area (Å²) in [5.74, 6) is 0.830. The Labute approximate surface area is 148 Å². The number of fused-ring (bicyclic) bond motifs is 1. The highest BCUT2D eigenvalue weighted by atomic mass is 35.5. The van der Waals surface area contributed by atoms with E-state index in [1.807, 2.05) is 0 Å². The lowest BCUT2D eigenvalue weighted by molar-refractivity contribution is -0.116. The molecule has 2 atom stereocenters. The lowest BCUT2D eigenvalue weighted by atomic mass is 9.78. The maximum absolute atomic E-state index is 12.3. The molecule has 1 heterocycles. The number of anilines is 1. The van der Waals surface area contributed by atoms with Crippen molar-refractivity contribution >= 4 is 34.8 Å². The summed E-state index contributed by atoms with van der Waals surface area (Å²) in [4.78, 5) is 14.8. The molecule has 0 spiro atoms. The van der Waals surface area contributed by atoms with E-state index in [0.29, 0.717) is 28.2 Å². The summed E-state index contributed by atoms with van der Waals surface area (Å²) in [6.07, 6.45) is 8.48. The van der Waals surface area contributed by atoms with Crippen molar-refractivity contribution in [3.63, 3.8) is 0 Å². The first-order valence-electron chi connectivity index (χ1n) is 8.63. The number of amides is 1. The molecule has 3 rings (SSSR count). The average molecular weight is 355 g/mol. The minimum Gasteiger partial charge on any atom is -0.324 e. The summed E-state index contributed by atoms with van der Waals surface area (Å²) in [6.45, 7) is 1.95. The van der Waals surface area contributed by atoms with Gasteiger partial charge in [0.2, 0.25) is 5.91 Å². The summed E-state index contributed by atoms with van der Waals surface area (Å²) in [7, 11) is 0. The zero-order chi connectivity index (χ0) is 16.2. The van der Waals surface area contributed by atoms with Crippen molar-refractivity contribution in [3.8, 4) is 0 Å². The highest BCUT2D eigenvalue weighted by molar-refractivity contribution is 6.39. The molecule has 1 aromatic rings. The molecule has 5 heteroatoms. The van der Waals surface area contributed by atoms with Crippen LogP contribution in [-0.2, 0) is 4.79 Å². The molecule has 1 saturated carbocycles. The number of benzene rings is 1. The predicted molar refractivity (Wildman–Crippen MR) is 96.3 cm³/mol. The molecule has 1 amide bonds. The quantitative estimate of drug-likeness (QED) is 0.826. The fourth-order valence-corrected chi connectivity index (χ4v) is 4.56. The predicted octanol–water partition coefficient (Wildman–Crippen LogP) is 4.98. The second kappa shape index (κ2) is 7.87. The van der Waals surface area contributed by atoms with Crippen LogP contribution >= 0.6 is 23.2 Å². The largest absolute Gasteiger partial charge is 0.324 e. The Balaban J connectivity index is 1.54. The first kappa shape index (κ1) is 17.1. The Morgan fingerprint density at radius 2 is 1.83 bits per heavy atom. The Morgan fingerprint density at radius 1 is 1.13 bits per heavy atom. The first-order chi connectivity index (χ1) is 11.1. The topological polar surface area (TPSA) is 32.3 Å². The van der Waals surface area contributed by atoms with Gasteiger partial charge in [-0.25, -0.2) is 0 Å². The van der Waals surface area contributed by atoms with Crippen LogP contribution in [0.3, 0.4) is 0 Å². The summed E-state index contributed by atoms with van der Waals surface area (Å²) < 4.78 is 0. The fourth-order valence-electron chi connectivity index (χ4n) is 4.07. The van der Waals surface area contributed by atoms with Crippen molar-refractivity contribution in [3.05, 3.63) is 28.2 Å². The fraction of sp³-hybridized carbons (Fsp3) is 0.611. The van der Waals surface area contributed by atoms with Crippen LogP contribution in [0.5, 0.6) is 0 Å². The van der Waals surface area contributed by atoms with Gasteiger partial charge in [0.05, 0.1) is 15.7 Å². The van der Waals surface area contributed by atoms with Gasteiger partial charge in [-0.05, 0) is 50.3 Å². The number of carbonyl (C=O) groups excluding carboxylic acids is 1. The van der Waals surface area contributed by atoms with Crippen LogP contribution in [0, 0.1) is 5.92 Å². The van der Waals surface area contributed by atoms with Crippen molar-refractivity contribution in [1.29, 1.82) is 0 Å². The smallest absolute Gasteiger partial charge is 0.225 e. The van der Waals surface area contributed by atoms with Gasteiger partial charge in [0.1, 0.15) is 0 Å². The second-order valence-electron chi connectivity index (χ2n) is 6.68. The van der Waals surface area contributed by atoms with Gasteiger partial charge in [-0.2, -0.15) is 0 Å². The van der Waals surface area contributed by atoms with Gasteiger partial charge in [-0.3, -0.25) is 9.69 Å². The van der Waals surface area contributed by atoms with E-state index in [2.05, 4.69) is 10.2 Å². The number of carbonyl (C=O) groups is 1. The van der Waals surface area contributed by atoms with Gasteiger partial charge >= 0.3 is 0 Å². The van der Waals surface area contributed by atoms with Crippen molar-refractivity contribution in [2.45, 2.75) is 51.0 Å². The van der Waals surface area contributed by atoms with Crippen LogP contribution in [0.2, 0.25) is 10.0 Å². The summed E-state index contributed by atoms with van der Waals surface area (Å²) in [5.41, 5.74) is 0.523. The van der Waals surface area contributed by atoms with Crippen LogP contribution in [-0.4, -0.2) is 29.9 Å². The third-order valence-corrected chi connectivity index (χ3v) is 5.84. The first-order valence-corrected chi connectivity index (χ1v) is 9.38. The molecule has 1 aliphatic heterocycles. The third-order valence-electron chi connectivity index (χ3n) is 5.21. The normalized spacial score (nSPS) is 25.0. The number of nitrogens with one attached hydrogen (secondary N) is 1. The van der Waals surface area contributed by atoms with Crippen LogP contribution in [0.15, 0.2) is 18.2 Å². The number of hydrogen-bond donors (Lipinski definition) is 1. The number of halogens is 2. The zero-order valence-corrected chi connectivity index (χ0v) is 14.9. The van der Waals surface area contributed by atoms with E-state index in [1.165, 1.54) is 38.5 Å². The van der Waals surface area contributed by atoms with E-state index in [4.69, 9.17) is 23.2 Å². The molecule has 0 bridgehead atoms. The van der Waals surface area contributed by atoms with Gasteiger partial charge in [0.15, 0.2) is 0 Å². The van der Waals surface area contributed by atoms with Crippen LogP contribution < -0.4 is 5.32 Å². The van der Waals surface area contributed by atoms with Crippen LogP contribution in [0.4, 0.5) is 5.69 Å². The van der Waals surface area contributed by atoms with E-state index >= 15 is 0 Å². The molecule has 3 nitrogen and oxygen atoms in total. The molecular formula is C18H24Cl2N2O. The Kier molecular flexibility index (Phi) is 5.84. The number of rotatable bonds is 4. The monoisotopic (exact) mass is 354 g/mol. The molecule has 0 aromatic heterocycles. The summed E-state index contributed by atoms with van der Waals surface area (Å²) in [5, 5.41) is 3.83. The number of likely N-dealkylation sites (tertiary alicyclic amines) is 1. The number of hydrogen-bond acceptors (Lipinski definition) is 2. The van der Waals surface area contributed by atoms with Gasteiger partial charge in [-0.15, -0.1) is 0 Å². The maximum atomic E-state index is 12.3. The van der Waals surface area contributed by atoms with Crippen molar-refractivity contribution in [2.24, 2.45) is 5.92 Å². The van der Waals surface area contributed by atoms with Gasteiger partial charge in [-0.1, -0.05) is 42.1 Å². The molecule has 2 aliphatic rings. The summed E-state index contributed by atoms with van der Waals surface area (Å²) >= 11 is 12.2. The van der Waals surface area contributed by atoms with E-state index in [-0.39, 0.29) is 5.91 Å². The van der Waals surface area contributed by atoms with Gasteiger partial charge < -0.3 is 5.32 Å². The average Bonchev–Trinajstić information content (AvgIpc) is 2.56. The van der Waals surface area contributed by atoms with Crippen molar-refractivity contribution < 1.29 is 4.79 Å². The highest BCUT2D eigenvalue weighted by Crippen LogP contribution is 2.35. The molecule has 2 fully saturated rings. The maximum Gasteiger partial charge on any atom is 0.225 e. The Morgan fingerprint density at radius 3 is 2.61 bits per heavy atom. The molecule has 23 heavy (non-hydrogen) atoms. The number of piperidine rings is 1. The molecular weight excluding hydrogens is 331 g/mol. The van der Waals surface area contributed by atoms with Gasteiger partial charge in [0, 0.05) is 19.0 Å². The zero-order valence-electron chi connectivity index (χ0n) is 13.4. The molecule has 126 valence electrons. The molecule has 1 aliphatic carbocycles. The lowest BCUT2D eigenvalue weighted by Crippen LogP contribution is -2.47. The van der Waals surface area contributed by atoms with E-state index in [9.17, 15) is 4.79 Å². The number of para-hydroxylation sites is 1. The van der Waals surface area contributed by atoms with Crippen LogP contribution in [0.1, 0.15) is 44.9 Å². The molecule has 1 saturated heterocycles.